The molecule has 0 atom stereocenters. The van der Waals surface area contributed by atoms with Gasteiger partial charge in [0.25, 0.3) is 0 Å². The first-order valence-corrected chi connectivity index (χ1v) is 23.0. The second-order valence-electron chi connectivity index (χ2n) is 21.6. The van der Waals surface area contributed by atoms with E-state index in [4.69, 9.17) is 4.42 Å². The zero-order chi connectivity index (χ0) is 43.4. The molecule has 4 aliphatic rings. The normalized spacial score (nSPS) is 17.1. The van der Waals surface area contributed by atoms with Crippen LogP contribution in [-0.2, 0) is 21.7 Å². The lowest BCUT2D eigenvalue weighted by molar-refractivity contribution is 0.332. The van der Waals surface area contributed by atoms with E-state index in [1.807, 2.05) is 0 Å². The Labute approximate surface area is 373 Å². The molecule has 0 saturated heterocycles. The van der Waals surface area contributed by atoms with Crippen molar-refractivity contribution in [3.05, 3.63) is 173 Å². The number of anilines is 5. The monoisotopic (exact) mass is 818 g/mol. The number of benzene rings is 7. The molecule has 0 saturated carbocycles. The number of nitrogens with zero attached hydrogens (tertiary/aromatic N) is 2. The van der Waals surface area contributed by atoms with Crippen molar-refractivity contribution in [2.24, 2.45) is 0 Å². The lowest BCUT2D eigenvalue weighted by Gasteiger charge is -2.50. The molecular formula is C59H55BN2O. The van der Waals surface area contributed by atoms with Gasteiger partial charge in [0.05, 0.1) is 11.4 Å². The van der Waals surface area contributed by atoms with Crippen molar-refractivity contribution in [1.29, 1.82) is 0 Å². The highest BCUT2D eigenvalue weighted by Gasteiger charge is 2.53. The largest absolute Gasteiger partial charge is 0.466 e. The van der Waals surface area contributed by atoms with E-state index in [0.29, 0.717) is 0 Å². The predicted molar refractivity (Wildman–Crippen MR) is 267 cm³/mol. The predicted octanol–water partition coefficient (Wildman–Crippen LogP) is 14.8. The minimum atomic E-state index is -0.212. The molecule has 310 valence electrons. The maximum absolute atomic E-state index is 7.65. The van der Waals surface area contributed by atoms with Crippen LogP contribution >= 0.6 is 0 Å². The summed E-state index contributed by atoms with van der Waals surface area (Å²) in [6.07, 6.45) is 2.29. The van der Waals surface area contributed by atoms with Crippen molar-refractivity contribution in [2.75, 3.05) is 9.71 Å². The Bertz CT molecular complexity index is 3200. The van der Waals surface area contributed by atoms with Gasteiger partial charge in [0.1, 0.15) is 11.2 Å². The van der Waals surface area contributed by atoms with Gasteiger partial charge in [0.2, 0.25) is 0 Å². The quantitative estimate of drug-likeness (QED) is 0.166. The second-order valence-corrected chi connectivity index (χ2v) is 21.6. The van der Waals surface area contributed by atoms with Gasteiger partial charge in [0.15, 0.2) is 0 Å². The molecule has 12 rings (SSSR count). The fraction of sp³-hybridized carbons (Fsp3) is 0.254. The van der Waals surface area contributed by atoms with Gasteiger partial charge in [-0.05, 0) is 127 Å². The lowest BCUT2D eigenvalue weighted by Crippen LogP contribution is -2.62. The van der Waals surface area contributed by atoms with E-state index in [9.17, 15) is 0 Å². The minimum absolute atomic E-state index is 0.0217. The van der Waals surface area contributed by atoms with Crippen molar-refractivity contribution >= 4 is 57.4 Å². The number of furan rings is 1. The molecule has 0 fully saturated rings. The van der Waals surface area contributed by atoms with E-state index >= 15 is 0 Å². The Morgan fingerprint density at radius 3 is 1.87 bits per heavy atom. The third-order valence-electron chi connectivity index (χ3n) is 15.4. The van der Waals surface area contributed by atoms with Gasteiger partial charge in [-0.2, -0.15) is 0 Å². The average Bonchev–Trinajstić information content (AvgIpc) is 3.65. The van der Waals surface area contributed by atoms with E-state index < -0.39 is 0 Å². The van der Waals surface area contributed by atoms with Crippen LogP contribution in [0.15, 0.2) is 150 Å². The van der Waals surface area contributed by atoms with Gasteiger partial charge in [-0.1, -0.05) is 165 Å². The SMILES string of the molecule is CC(C)(C)c1ccc(N2c3cc(-c4ccccc4)cc4c3B(c3oc5cc6c(cc5c32)C(C)(C)CCC6(C)C)N2c3ccccc3C(C)(C)c3cccc-4c32)c(-c2ccccc2)c1. The van der Waals surface area contributed by atoms with E-state index in [0.717, 1.165) is 35.5 Å². The fourth-order valence-corrected chi connectivity index (χ4v) is 11.8. The Morgan fingerprint density at radius 1 is 0.508 bits per heavy atom. The van der Waals surface area contributed by atoms with Crippen LogP contribution in [0.5, 0.6) is 0 Å². The van der Waals surface area contributed by atoms with Crippen LogP contribution in [0.3, 0.4) is 0 Å². The minimum Gasteiger partial charge on any atom is -0.466 e. The molecule has 0 spiro atoms. The highest BCUT2D eigenvalue weighted by molar-refractivity contribution is 6.93. The molecule has 4 heteroatoms. The van der Waals surface area contributed by atoms with Crippen molar-refractivity contribution in [3.63, 3.8) is 0 Å². The van der Waals surface area contributed by atoms with E-state index in [-0.39, 0.29) is 28.5 Å². The summed E-state index contributed by atoms with van der Waals surface area (Å²) in [6, 6.07) is 55.2. The second kappa shape index (κ2) is 12.9. The molecule has 63 heavy (non-hydrogen) atoms. The summed E-state index contributed by atoms with van der Waals surface area (Å²) in [5, 5.41) is 1.18. The zero-order valence-electron chi connectivity index (χ0n) is 38.2. The van der Waals surface area contributed by atoms with Crippen molar-refractivity contribution in [3.8, 4) is 33.4 Å². The summed E-state index contributed by atoms with van der Waals surface area (Å²) in [4.78, 5) is 5.27. The zero-order valence-corrected chi connectivity index (χ0v) is 38.2. The molecule has 1 aromatic heterocycles. The molecule has 0 N–H and O–H groups in total. The molecule has 3 nitrogen and oxygen atoms in total. The molecule has 0 unspecified atom stereocenters. The van der Waals surface area contributed by atoms with Crippen LogP contribution < -0.4 is 20.8 Å². The molecule has 3 aliphatic heterocycles. The maximum Gasteiger partial charge on any atom is 0.375 e. The third kappa shape index (κ3) is 5.40. The highest BCUT2D eigenvalue weighted by Crippen LogP contribution is 2.58. The fourth-order valence-electron chi connectivity index (χ4n) is 11.8. The van der Waals surface area contributed by atoms with Gasteiger partial charge in [-0.25, -0.2) is 0 Å². The third-order valence-corrected chi connectivity index (χ3v) is 15.4. The van der Waals surface area contributed by atoms with Gasteiger partial charge in [0, 0.05) is 39.0 Å². The highest BCUT2D eigenvalue weighted by atomic mass is 16.3. The summed E-state index contributed by atoms with van der Waals surface area (Å²) in [5.74, 6) is 0. The number of fused-ring (bicyclic) bond motifs is 9. The summed E-state index contributed by atoms with van der Waals surface area (Å²) in [5.41, 5.74) is 23.3. The van der Waals surface area contributed by atoms with E-state index in [1.54, 1.807) is 0 Å². The molecule has 8 aromatic rings. The first-order chi connectivity index (χ1) is 30.1. The number of para-hydroxylation sites is 2. The maximum atomic E-state index is 7.65. The molecule has 4 heterocycles. The van der Waals surface area contributed by atoms with Crippen LogP contribution in [0.2, 0.25) is 0 Å². The molecule has 7 aromatic carbocycles. The van der Waals surface area contributed by atoms with Crippen LogP contribution in [0.4, 0.5) is 28.4 Å². The molecule has 1 aliphatic carbocycles. The Hall–Kier alpha value is -6.26. The molecule has 0 bridgehead atoms. The van der Waals surface area contributed by atoms with E-state index in [2.05, 4.69) is 218 Å². The summed E-state index contributed by atoms with van der Waals surface area (Å²) in [7, 11) is 0. The lowest BCUT2D eigenvalue weighted by atomic mass is 9.44. The summed E-state index contributed by atoms with van der Waals surface area (Å²) in [6.45, 7) is 21.3. The number of hydrogen-bond donors (Lipinski definition) is 0. The Kier molecular flexibility index (Phi) is 7.88. The Balaban J connectivity index is 1.27. The summed E-state index contributed by atoms with van der Waals surface area (Å²) >= 11 is 0. The van der Waals surface area contributed by atoms with Crippen molar-refractivity contribution < 1.29 is 4.42 Å². The van der Waals surface area contributed by atoms with Gasteiger partial charge >= 0.3 is 6.85 Å². The Morgan fingerprint density at radius 2 is 1.16 bits per heavy atom. The van der Waals surface area contributed by atoms with E-state index in [1.165, 1.54) is 89.1 Å². The van der Waals surface area contributed by atoms with Gasteiger partial charge < -0.3 is 14.1 Å². The van der Waals surface area contributed by atoms with Crippen LogP contribution in [0.25, 0.3) is 44.3 Å². The van der Waals surface area contributed by atoms with Crippen molar-refractivity contribution in [2.45, 2.75) is 96.8 Å². The first kappa shape index (κ1) is 38.4. The van der Waals surface area contributed by atoms with Crippen LogP contribution in [0.1, 0.15) is 103 Å². The van der Waals surface area contributed by atoms with Crippen LogP contribution in [0, 0.1) is 0 Å². The van der Waals surface area contributed by atoms with Gasteiger partial charge in [-0.15, -0.1) is 0 Å². The molecular weight excluding hydrogens is 763 g/mol. The average molecular weight is 819 g/mol. The molecule has 0 radical (unpaired) electrons. The first-order valence-electron chi connectivity index (χ1n) is 23.0. The van der Waals surface area contributed by atoms with Crippen LogP contribution in [-0.4, -0.2) is 6.85 Å². The topological polar surface area (TPSA) is 19.6 Å². The van der Waals surface area contributed by atoms with Crippen molar-refractivity contribution in [1.82, 2.24) is 0 Å². The smallest absolute Gasteiger partial charge is 0.375 e. The van der Waals surface area contributed by atoms with Gasteiger partial charge in [-0.3, -0.25) is 0 Å². The number of rotatable bonds is 3. The molecule has 0 amide bonds. The summed E-state index contributed by atoms with van der Waals surface area (Å²) < 4.78 is 7.65. The standard InChI is InChI=1S/C59H55BN2O/c1-56(2,3)39-27-28-48(41(33-39)37-21-14-11-15-22-37)61-50-32-38(36-19-12-10-13-20-36)31-42-40-23-18-25-45-53(40)62(49-26-17-16-24-44(49)59(45,8)9)60(52(42)50)55-54(61)43-34-46-47(35-51(43)63-55)58(6,7)30-29-57(46,4)5/h10-28,31-35H,29-30H2,1-9H3. The number of hydrogen-bond acceptors (Lipinski definition) is 3.